The van der Waals surface area contributed by atoms with Crippen LogP contribution in [0.5, 0.6) is 0 Å². The second kappa shape index (κ2) is 5.53. The van der Waals surface area contributed by atoms with Crippen LogP contribution in [0.25, 0.3) is 10.1 Å². The first-order valence-electron chi connectivity index (χ1n) is 6.78. The predicted octanol–water partition coefficient (Wildman–Crippen LogP) is 1.88. The largest absolute Gasteiger partial charge is 0.388 e. The molecule has 1 aliphatic rings. The SMILES string of the molecule is NCC1(O)CCN(C(=O)c2cc3c(Cl)nccc3s2)CC1. The lowest BCUT2D eigenvalue weighted by Gasteiger charge is -2.37. The molecule has 0 radical (unpaired) electrons. The first-order chi connectivity index (χ1) is 10.0. The van der Waals surface area contributed by atoms with Gasteiger partial charge in [-0.2, -0.15) is 0 Å². The molecule has 1 saturated heterocycles. The van der Waals surface area contributed by atoms with Crippen molar-refractivity contribution in [3.63, 3.8) is 0 Å². The Hall–Kier alpha value is -1.21. The zero-order valence-corrected chi connectivity index (χ0v) is 13.0. The molecule has 1 fully saturated rings. The van der Waals surface area contributed by atoms with Crippen molar-refractivity contribution in [2.24, 2.45) is 5.73 Å². The summed E-state index contributed by atoms with van der Waals surface area (Å²) in [5, 5.41) is 11.3. The van der Waals surface area contributed by atoms with Gasteiger partial charge in [-0.05, 0) is 25.0 Å². The molecule has 1 amide bonds. The first kappa shape index (κ1) is 14.7. The van der Waals surface area contributed by atoms with Gasteiger partial charge in [0.2, 0.25) is 0 Å². The van der Waals surface area contributed by atoms with E-state index in [9.17, 15) is 9.90 Å². The molecule has 0 bridgehead atoms. The predicted molar refractivity (Wildman–Crippen MR) is 83.8 cm³/mol. The lowest BCUT2D eigenvalue weighted by atomic mass is 9.91. The third-order valence-electron chi connectivity index (χ3n) is 3.97. The number of nitrogens with two attached hydrogens (primary N) is 1. The van der Waals surface area contributed by atoms with E-state index in [2.05, 4.69) is 4.98 Å². The Morgan fingerprint density at radius 1 is 1.52 bits per heavy atom. The standard InChI is InChI=1S/C14H16ClN3O2S/c15-12-9-7-11(21-10(9)1-4-17-12)13(19)18-5-2-14(20,8-16)3-6-18/h1,4,7,20H,2-3,5-6,8,16H2. The van der Waals surface area contributed by atoms with Crippen molar-refractivity contribution in [2.45, 2.75) is 18.4 Å². The van der Waals surface area contributed by atoms with Crippen molar-refractivity contribution in [3.8, 4) is 0 Å². The van der Waals surface area contributed by atoms with E-state index in [1.807, 2.05) is 6.07 Å². The molecule has 5 nitrogen and oxygen atoms in total. The van der Waals surface area contributed by atoms with Crippen molar-refractivity contribution < 1.29 is 9.90 Å². The average molecular weight is 326 g/mol. The van der Waals surface area contributed by atoms with Crippen molar-refractivity contribution in [1.29, 1.82) is 0 Å². The Labute approximate surface area is 131 Å². The Kier molecular flexibility index (Phi) is 3.88. The van der Waals surface area contributed by atoms with E-state index < -0.39 is 5.60 Å². The first-order valence-corrected chi connectivity index (χ1v) is 7.98. The number of hydrogen-bond donors (Lipinski definition) is 2. The summed E-state index contributed by atoms with van der Waals surface area (Å²) >= 11 is 7.46. The highest BCUT2D eigenvalue weighted by Gasteiger charge is 2.33. The van der Waals surface area contributed by atoms with Gasteiger partial charge in [0.25, 0.3) is 5.91 Å². The highest BCUT2D eigenvalue weighted by Crippen LogP contribution is 2.31. The number of amides is 1. The van der Waals surface area contributed by atoms with Gasteiger partial charge in [-0.15, -0.1) is 11.3 Å². The summed E-state index contributed by atoms with van der Waals surface area (Å²) in [5.74, 6) is -0.0219. The molecule has 0 aromatic carbocycles. The molecular weight excluding hydrogens is 310 g/mol. The van der Waals surface area contributed by atoms with Gasteiger partial charge in [0.15, 0.2) is 0 Å². The number of carbonyl (C=O) groups is 1. The summed E-state index contributed by atoms with van der Waals surface area (Å²) in [6.07, 6.45) is 2.67. The summed E-state index contributed by atoms with van der Waals surface area (Å²) in [6, 6.07) is 3.65. The van der Waals surface area contributed by atoms with Crippen LogP contribution in [0.4, 0.5) is 0 Å². The number of piperidine rings is 1. The molecule has 2 aromatic rings. The molecule has 1 aliphatic heterocycles. The minimum Gasteiger partial charge on any atom is -0.388 e. The number of hydrogen-bond acceptors (Lipinski definition) is 5. The van der Waals surface area contributed by atoms with Crippen LogP contribution in [0.15, 0.2) is 18.3 Å². The molecule has 0 aliphatic carbocycles. The molecule has 0 saturated carbocycles. The molecule has 3 N–H and O–H groups in total. The van der Waals surface area contributed by atoms with E-state index in [1.165, 1.54) is 11.3 Å². The monoisotopic (exact) mass is 325 g/mol. The number of rotatable bonds is 2. The van der Waals surface area contributed by atoms with Gasteiger partial charge >= 0.3 is 0 Å². The fourth-order valence-electron chi connectivity index (χ4n) is 2.52. The number of carbonyl (C=O) groups excluding carboxylic acids is 1. The summed E-state index contributed by atoms with van der Waals surface area (Å²) in [5.41, 5.74) is 4.74. The molecule has 21 heavy (non-hydrogen) atoms. The maximum atomic E-state index is 12.5. The van der Waals surface area contributed by atoms with E-state index in [-0.39, 0.29) is 12.5 Å². The maximum absolute atomic E-state index is 12.5. The van der Waals surface area contributed by atoms with Gasteiger partial charge in [-0.1, -0.05) is 11.6 Å². The number of fused-ring (bicyclic) bond motifs is 1. The van der Waals surface area contributed by atoms with Gasteiger partial charge in [0.1, 0.15) is 5.15 Å². The van der Waals surface area contributed by atoms with Crippen molar-refractivity contribution in [3.05, 3.63) is 28.4 Å². The summed E-state index contributed by atoms with van der Waals surface area (Å²) < 4.78 is 0.953. The fourth-order valence-corrected chi connectivity index (χ4v) is 3.81. The third kappa shape index (κ3) is 2.76. The molecule has 0 spiro atoms. The van der Waals surface area contributed by atoms with Crippen LogP contribution in [-0.2, 0) is 0 Å². The summed E-state index contributed by atoms with van der Waals surface area (Å²) in [4.78, 5) is 19.0. The molecule has 2 aromatic heterocycles. The van der Waals surface area contributed by atoms with Crippen molar-refractivity contribution in [1.82, 2.24) is 9.88 Å². The van der Waals surface area contributed by atoms with E-state index in [4.69, 9.17) is 17.3 Å². The Morgan fingerprint density at radius 2 is 2.24 bits per heavy atom. The highest BCUT2D eigenvalue weighted by atomic mass is 35.5. The van der Waals surface area contributed by atoms with Gasteiger partial charge in [-0.3, -0.25) is 4.79 Å². The lowest BCUT2D eigenvalue weighted by molar-refractivity contribution is -0.00938. The average Bonchev–Trinajstić information content (AvgIpc) is 2.93. The summed E-state index contributed by atoms with van der Waals surface area (Å²) in [7, 11) is 0. The molecular formula is C14H16ClN3O2S. The van der Waals surface area contributed by atoms with E-state index in [1.54, 1.807) is 17.2 Å². The van der Waals surface area contributed by atoms with Crippen LogP contribution < -0.4 is 5.73 Å². The van der Waals surface area contributed by atoms with E-state index >= 15 is 0 Å². The number of halogens is 1. The van der Waals surface area contributed by atoms with Crippen LogP contribution >= 0.6 is 22.9 Å². The highest BCUT2D eigenvalue weighted by molar-refractivity contribution is 7.20. The number of nitrogens with zero attached hydrogens (tertiary/aromatic N) is 2. The second-order valence-corrected chi connectivity index (χ2v) is 6.79. The number of thiophene rings is 1. The van der Waals surface area contributed by atoms with Gasteiger partial charge < -0.3 is 15.7 Å². The minimum atomic E-state index is -0.829. The molecule has 0 atom stereocenters. The number of pyridine rings is 1. The third-order valence-corrected chi connectivity index (χ3v) is 5.36. The van der Waals surface area contributed by atoms with Crippen LogP contribution in [-0.4, -0.2) is 46.1 Å². The van der Waals surface area contributed by atoms with Crippen LogP contribution in [0.2, 0.25) is 5.15 Å². The van der Waals surface area contributed by atoms with Crippen LogP contribution in [0, 0.1) is 0 Å². The van der Waals surface area contributed by atoms with Gasteiger partial charge in [-0.25, -0.2) is 4.98 Å². The van der Waals surface area contributed by atoms with Crippen LogP contribution in [0.1, 0.15) is 22.5 Å². The topological polar surface area (TPSA) is 79.5 Å². The zero-order chi connectivity index (χ0) is 15.0. The fraction of sp³-hybridized carbons (Fsp3) is 0.429. The Balaban J connectivity index is 1.80. The van der Waals surface area contributed by atoms with Crippen LogP contribution in [0.3, 0.4) is 0 Å². The summed E-state index contributed by atoms with van der Waals surface area (Å²) in [6.45, 7) is 1.28. The Bertz CT molecular complexity index is 680. The lowest BCUT2D eigenvalue weighted by Crippen LogP contribution is -2.50. The molecule has 7 heteroatoms. The zero-order valence-electron chi connectivity index (χ0n) is 11.4. The smallest absolute Gasteiger partial charge is 0.263 e. The minimum absolute atomic E-state index is 0.0219. The molecule has 3 rings (SSSR count). The van der Waals surface area contributed by atoms with Crippen molar-refractivity contribution in [2.75, 3.05) is 19.6 Å². The van der Waals surface area contributed by atoms with Gasteiger partial charge in [0.05, 0.1) is 10.5 Å². The number of aromatic nitrogens is 1. The van der Waals surface area contributed by atoms with E-state index in [0.29, 0.717) is 36.0 Å². The molecule has 3 heterocycles. The second-order valence-electron chi connectivity index (χ2n) is 5.34. The van der Waals surface area contributed by atoms with Gasteiger partial charge in [0, 0.05) is 35.9 Å². The van der Waals surface area contributed by atoms with E-state index in [0.717, 1.165) is 10.1 Å². The number of likely N-dealkylation sites (tertiary alicyclic amines) is 1. The number of aliphatic hydroxyl groups is 1. The normalized spacial score (nSPS) is 18.1. The quantitative estimate of drug-likeness (QED) is 0.826. The molecule has 0 unspecified atom stereocenters. The molecule has 112 valence electrons. The maximum Gasteiger partial charge on any atom is 0.263 e. The Morgan fingerprint density at radius 3 is 2.86 bits per heavy atom. The van der Waals surface area contributed by atoms with Crippen molar-refractivity contribution >= 4 is 38.9 Å².